The molecule has 0 fully saturated rings. The lowest BCUT2D eigenvalue weighted by atomic mass is 10.2. The van der Waals surface area contributed by atoms with Crippen LogP contribution in [0.3, 0.4) is 0 Å². The zero-order valence-electron chi connectivity index (χ0n) is 9.68. The number of nitrogen functional groups attached to an aromatic ring is 1. The van der Waals surface area contributed by atoms with Crippen LogP contribution in [0.4, 0.5) is 11.4 Å². The molecule has 1 heterocycles. The number of nitriles is 1. The molecule has 0 radical (unpaired) electrons. The van der Waals surface area contributed by atoms with E-state index in [0.717, 1.165) is 0 Å². The van der Waals surface area contributed by atoms with Crippen LogP contribution < -0.4 is 16.6 Å². The van der Waals surface area contributed by atoms with Crippen LogP contribution in [0.5, 0.6) is 0 Å². The molecule has 1 amide bonds. The molecule has 1 aromatic heterocycles. The molecule has 7 heteroatoms. The molecule has 19 heavy (non-hydrogen) atoms. The summed E-state index contributed by atoms with van der Waals surface area (Å²) in [6.07, 6.45) is 0. The Hall–Kier alpha value is -3.14. The number of hydrogen-bond donors (Lipinski definition) is 3. The Morgan fingerprint density at radius 2 is 2.16 bits per heavy atom. The van der Waals surface area contributed by atoms with E-state index < -0.39 is 11.5 Å². The summed E-state index contributed by atoms with van der Waals surface area (Å²) in [6, 6.07) is 8.95. The van der Waals surface area contributed by atoms with Crippen LogP contribution in [-0.2, 0) is 0 Å². The van der Waals surface area contributed by atoms with E-state index in [1.54, 1.807) is 0 Å². The molecular formula is C12H9N5O2. The second-order valence-corrected chi connectivity index (χ2v) is 3.67. The summed E-state index contributed by atoms with van der Waals surface area (Å²) in [4.78, 5) is 22.6. The van der Waals surface area contributed by atoms with Gasteiger partial charge < -0.3 is 11.1 Å². The van der Waals surface area contributed by atoms with Gasteiger partial charge in [0.1, 0.15) is 5.69 Å². The van der Waals surface area contributed by atoms with Crippen molar-refractivity contribution in [3.05, 3.63) is 51.9 Å². The van der Waals surface area contributed by atoms with Crippen molar-refractivity contribution < 1.29 is 4.79 Å². The second-order valence-electron chi connectivity index (χ2n) is 3.67. The number of hydrogen-bond acceptors (Lipinski definition) is 5. The number of carbonyl (C=O) groups excluding carboxylic acids is 1. The largest absolute Gasteiger partial charge is 0.397 e. The average Bonchev–Trinajstić information content (AvgIpc) is 2.41. The minimum atomic E-state index is -0.507. The van der Waals surface area contributed by atoms with E-state index >= 15 is 0 Å². The number of aromatic nitrogens is 2. The monoisotopic (exact) mass is 255 g/mol. The zero-order valence-corrected chi connectivity index (χ0v) is 9.68. The van der Waals surface area contributed by atoms with Crippen molar-refractivity contribution in [1.82, 2.24) is 10.2 Å². The maximum Gasteiger partial charge on any atom is 0.276 e. The van der Waals surface area contributed by atoms with Gasteiger partial charge in [0.15, 0.2) is 0 Å². The fourth-order valence-corrected chi connectivity index (χ4v) is 1.40. The van der Waals surface area contributed by atoms with Crippen LogP contribution in [0.2, 0.25) is 0 Å². The second kappa shape index (κ2) is 5.01. The maximum absolute atomic E-state index is 11.8. The number of benzene rings is 1. The minimum absolute atomic E-state index is 0.0587. The van der Waals surface area contributed by atoms with Crippen LogP contribution >= 0.6 is 0 Å². The SMILES string of the molecule is N#Cc1ccc(NC(=O)c2ccc(=O)[nH]n2)c(N)c1. The van der Waals surface area contributed by atoms with Crippen LogP contribution in [-0.4, -0.2) is 16.1 Å². The van der Waals surface area contributed by atoms with Crippen LogP contribution in [0.25, 0.3) is 0 Å². The molecule has 7 nitrogen and oxygen atoms in total. The minimum Gasteiger partial charge on any atom is -0.397 e. The van der Waals surface area contributed by atoms with Crippen molar-refractivity contribution in [2.75, 3.05) is 11.1 Å². The summed E-state index contributed by atoms with van der Waals surface area (Å²) in [5, 5.41) is 17.0. The summed E-state index contributed by atoms with van der Waals surface area (Å²) in [5.41, 5.74) is 6.42. The van der Waals surface area contributed by atoms with Gasteiger partial charge >= 0.3 is 0 Å². The molecule has 94 valence electrons. The molecule has 0 aliphatic heterocycles. The summed E-state index contributed by atoms with van der Waals surface area (Å²) in [7, 11) is 0. The molecule has 4 N–H and O–H groups in total. The smallest absolute Gasteiger partial charge is 0.276 e. The van der Waals surface area contributed by atoms with Gasteiger partial charge in [-0.3, -0.25) is 9.59 Å². The van der Waals surface area contributed by atoms with Crippen molar-refractivity contribution in [3.8, 4) is 6.07 Å². The number of nitrogens with two attached hydrogens (primary N) is 1. The zero-order chi connectivity index (χ0) is 13.8. The molecule has 0 bridgehead atoms. The van der Waals surface area contributed by atoms with Gasteiger partial charge in [-0.05, 0) is 24.3 Å². The van der Waals surface area contributed by atoms with E-state index in [9.17, 15) is 9.59 Å². The van der Waals surface area contributed by atoms with Gasteiger partial charge in [0, 0.05) is 6.07 Å². The molecule has 0 unspecified atom stereocenters. The normalized spacial score (nSPS) is 9.63. The number of nitrogens with one attached hydrogen (secondary N) is 2. The Balaban J connectivity index is 2.22. The first-order valence-electron chi connectivity index (χ1n) is 5.27. The number of H-pyrrole nitrogens is 1. The molecular weight excluding hydrogens is 246 g/mol. The molecule has 2 rings (SSSR count). The third-order valence-corrected chi connectivity index (χ3v) is 2.34. The number of rotatable bonds is 2. The van der Waals surface area contributed by atoms with E-state index in [1.165, 1.54) is 30.3 Å². The van der Waals surface area contributed by atoms with E-state index in [2.05, 4.69) is 15.5 Å². The fraction of sp³-hybridized carbons (Fsp3) is 0. The Labute approximate surface area is 107 Å². The lowest BCUT2D eigenvalue weighted by molar-refractivity contribution is 0.102. The van der Waals surface area contributed by atoms with Gasteiger partial charge in [-0.25, -0.2) is 5.10 Å². The molecule has 1 aromatic carbocycles. The summed E-state index contributed by atoms with van der Waals surface area (Å²) >= 11 is 0. The van der Waals surface area contributed by atoms with Crippen molar-refractivity contribution in [2.45, 2.75) is 0 Å². The van der Waals surface area contributed by atoms with E-state index in [4.69, 9.17) is 11.0 Å². The topological polar surface area (TPSA) is 125 Å². The summed E-state index contributed by atoms with van der Waals surface area (Å²) < 4.78 is 0. The third-order valence-electron chi connectivity index (χ3n) is 2.34. The number of nitrogens with zero attached hydrogens (tertiary/aromatic N) is 2. The van der Waals surface area contributed by atoms with Crippen LogP contribution in [0.15, 0.2) is 35.1 Å². The highest BCUT2D eigenvalue weighted by atomic mass is 16.2. The van der Waals surface area contributed by atoms with Gasteiger partial charge in [-0.15, -0.1) is 0 Å². The average molecular weight is 255 g/mol. The highest BCUT2D eigenvalue weighted by Crippen LogP contribution is 2.19. The van der Waals surface area contributed by atoms with Crippen molar-refractivity contribution >= 4 is 17.3 Å². The lowest BCUT2D eigenvalue weighted by Gasteiger charge is -2.07. The Morgan fingerprint density at radius 3 is 2.74 bits per heavy atom. The number of carbonyl (C=O) groups is 1. The van der Waals surface area contributed by atoms with Crippen LogP contribution in [0, 0.1) is 11.3 Å². The van der Waals surface area contributed by atoms with Crippen molar-refractivity contribution in [3.63, 3.8) is 0 Å². The predicted octanol–water partition coefficient (Wildman–Crippen LogP) is 0.476. The van der Waals surface area contributed by atoms with Crippen LogP contribution in [0.1, 0.15) is 16.1 Å². The van der Waals surface area contributed by atoms with Crippen molar-refractivity contribution in [1.29, 1.82) is 5.26 Å². The molecule has 0 saturated carbocycles. The van der Waals surface area contributed by atoms with E-state index in [1.807, 2.05) is 6.07 Å². The summed E-state index contributed by atoms with van der Waals surface area (Å²) in [6.45, 7) is 0. The predicted molar refractivity (Wildman–Crippen MR) is 68.4 cm³/mol. The highest BCUT2D eigenvalue weighted by Gasteiger charge is 2.09. The third kappa shape index (κ3) is 2.76. The number of aromatic amines is 1. The lowest BCUT2D eigenvalue weighted by Crippen LogP contribution is -2.18. The van der Waals surface area contributed by atoms with Gasteiger partial charge in [-0.2, -0.15) is 10.4 Å². The highest BCUT2D eigenvalue weighted by molar-refractivity contribution is 6.04. The molecule has 2 aromatic rings. The molecule has 0 atom stereocenters. The maximum atomic E-state index is 11.8. The first-order chi connectivity index (χ1) is 9.10. The van der Waals surface area contributed by atoms with Gasteiger partial charge in [0.2, 0.25) is 0 Å². The standard InChI is InChI=1S/C12H9N5O2/c13-6-7-1-2-9(8(14)5-7)15-12(19)10-3-4-11(18)17-16-10/h1-5H,14H2,(H,15,19)(H,17,18). The quantitative estimate of drug-likeness (QED) is 0.673. The van der Waals surface area contributed by atoms with Gasteiger partial charge in [-0.1, -0.05) is 0 Å². The fourth-order valence-electron chi connectivity index (χ4n) is 1.40. The Bertz CT molecular complexity index is 709. The van der Waals surface area contributed by atoms with E-state index in [0.29, 0.717) is 11.3 Å². The molecule has 0 spiro atoms. The summed E-state index contributed by atoms with van der Waals surface area (Å²) in [5.74, 6) is -0.507. The molecule has 0 aliphatic carbocycles. The number of amides is 1. The number of anilines is 2. The Morgan fingerprint density at radius 1 is 1.37 bits per heavy atom. The molecule has 0 saturated heterocycles. The molecule has 0 aliphatic rings. The van der Waals surface area contributed by atoms with Gasteiger partial charge in [0.05, 0.1) is 23.0 Å². The van der Waals surface area contributed by atoms with Crippen molar-refractivity contribution in [2.24, 2.45) is 0 Å². The first-order valence-corrected chi connectivity index (χ1v) is 5.27. The van der Waals surface area contributed by atoms with Gasteiger partial charge in [0.25, 0.3) is 11.5 Å². The van der Waals surface area contributed by atoms with E-state index in [-0.39, 0.29) is 11.4 Å². The first kappa shape index (κ1) is 12.3. The Kier molecular flexibility index (Phi) is 3.25.